The van der Waals surface area contributed by atoms with E-state index in [1.54, 1.807) is 12.1 Å². The second-order valence-electron chi connectivity index (χ2n) is 6.16. The van der Waals surface area contributed by atoms with E-state index < -0.39 is 0 Å². The van der Waals surface area contributed by atoms with Gasteiger partial charge in [-0.2, -0.15) is 0 Å². The summed E-state index contributed by atoms with van der Waals surface area (Å²) in [7, 11) is 2.16. The summed E-state index contributed by atoms with van der Waals surface area (Å²) in [6, 6.07) is 6.31. The predicted octanol–water partition coefficient (Wildman–Crippen LogP) is 2.88. The SMILES string of the molecule is Cc1ccc(F)cc1C1C(CNC2CC2)CCN1C. The summed E-state index contributed by atoms with van der Waals surface area (Å²) in [5.74, 6) is 0.487. The maximum absolute atomic E-state index is 13.5. The van der Waals surface area contributed by atoms with Crippen LogP contribution in [0.2, 0.25) is 0 Å². The van der Waals surface area contributed by atoms with Crippen molar-refractivity contribution in [3.05, 3.63) is 35.1 Å². The third kappa shape index (κ3) is 2.82. The molecule has 0 aromatic heterocycles. The minimum atomic E-state index is -0.116. The van der Waals surface area contributed by atoms with E-state index in [1.165, 1.54) is 30.4 Å². The summed E-state index contributed by atoms with van der Waals surface area (Å²) in [4.78, 5) is 2.38. The van der Waals surface area contributed by atoms with Crippen LogP contribution in [0.3, 0.4) is 0 Å². The molecule has 2 fully saturated rings. The Morgan fingerprint density at radius 1 is 1.32 bits per heavy atom. The Morgan fingerprint density at radius 3 is 2.84 bits per heavy atom. The van der Waals surface area contributed by atoms with Crippen LogP contribution >= 0.6 is 0 Å². The molecular formula is C16H23FN2. The minimum absolute atomic E-state index is 0.116. The first-order chi connectivity index (χ1) is 9.15. The maximum atomic E-state index is 13.5. The van der Waals surface area contributed by atoms with Gasteiger partial charge >= 0.3 is 0 Å². The molecule has 0 amide bonds. The number of rotatable bonds is 4. The van der Waals surface area contributed by atoms with E-state index >= 15 is 0 Å². The fourth-order valence-electron chi connectivity index (χ4n) is 3.27. The molecular weight excluding hydrogens is 239 g/mol. The van der Waals surface area contributed by atoms with E-state index in [0.717, 1.165) is 19.1 Å². The van der Waals surface area contributed by atoms with Crippen LogP contribution < -0.4 is 5.32 Å². The van der Waals surface area contributed by atoms with Crippen molar-refractivity contribution in [1.82, 2.24) is 10.2 Å². The fourth-order valence-corrected chi connectivity index (χ4v) is 3.27. The van der Waals surface area contributed by atoms with Crippen LogP contribution in [0.4, 0.5) is 4.39 Å². The molecule has 1 aromatic rings. The van der Waals surface area contributed by atoms with Crippen molar-refractivity contribution in [2.24, 2.45) is 5.92 Å². The lowest BCUT2D eigenvalue weighted by Gasteiger charge is -2.27. The third-order valence-electron chi connectivity index (χ3n) is 4.58. The molecule has 1 aromatic carbocycles. The van der Waals surface area contributed by atoms with Crippen molar-refractivity contribution in [2.75, 3.05) is 20.1 Å². The van der Waals surface area contributed by atoms with Gasteiger partial charge in [-0.3, -0.25) is 4.90 Å². The Hall–Kier alpha value is -0.930. The predicted molar refractivity (Wildman–Crippen MR) is 75.6 cm³/mol. The summed E-state index contributed by atoms with van der Waals surface area (Å²) in [6.45, 7) is 4.26. The molecule has 1 saturated heterocycles. The van der Waals surface area contributed by atoms with Gasteiger partial charge in [-0.1, -0.05) is 6.07 Å². The second kappa shape index (κ2) is 5.22. The quantitative estimate of drug-likeness (QED) is 0.897. The molecule has 0 radical (unpaired) electrons. The Morgan fingerprint density at radius 2 is 2.11 bits per heavy atom. The van der Waals surface area contributed by atoms with Crippen molar-refractivity contribution in [3.63, 3.8) is 0 Å². The Balaban J connectivity index is 1.79. The van der Waals surface area contributed by atoms with Gasteiger partial charge in [0.2, 0.25) is 0 Å². The average Bonchev–Trinajstić information content (AvgIpc) is 3.14. The van der Waals surface area contributed by atoms with Crippen molar-refractivity contribution in [2.45, 2.75) is 38.3 Å². The van der Waals surface area contributed by atoms with E-state index in [0.29, 0.717) is 12.0 Å². The van der Waals surface area contributed by atoms with E-state index in [1.807, 2.05) is 6.07 Å². The molecule has 0 spiro atoms. The largest absolute Gasteiger partial charge is 0.314 e. The highest BCUT2D eigenvalue weighted by Crippen LogP contribution is 2.37. The lowest BCUT2D eigenvalue weighted by Crippen LogP contribution is -2.30. The summed E-state index contributed by atoms with van der Waals surface area (Å²) in [6.07, 6.45) is 3.86. The van der Waals surface area contributed by atoms with Crippen molar-refractivity contribution in [3.8, 4) is 0 Å². The fraction of sp³-hybridized carbons (Fsp3) is 0.625. The van der Waals surface area contributed by atoms with Crippen LogP contribution in [0.25, 0.3) is 0 Å². The topological polar surface area (TPSA) is 15.3 Å². The van der Waals surface area contributed by atoms with E-state index in [2.05, 4.69) is 24.2 Å². The number of likely N-dealkylation sites (tertiary alicyclic amines) is 1. The molecule has 1 aliphatic carbocycles. The highest BCUT2D eigenvalue weighted by molar-refractivity contribution is 5.31. The van der Waals surface area contributed by atoms with Crippen LogP contribution in [0.15, 0.2) is 18.2 Å². The molecule has 2 aliphatic rings. The first-order valence-electron chi connectivity index (χ1n) is 7.35. The number of halogens is 1. The summed E-state index contributed by atoms with van der Waals surface area (Å²) < 4.78 is 13.5. The molecule has 1 saturated carbocycles. The summed E-state index contributed by atoms with van der Waals surface area (Å²) in [5, 5.41) is 3.63. The monoisotopic (exact) mass is 262 g/mol. The van der Waals surface area contributed by atoms with Gasteiger partial charge in [0.25, 0.3) is 0 Å². The highest BCUT2D eigenvalue weighted by Gasteiger charge is 2.34. The number of nitrogens with zero attached hydrogens (tertiary/aromatic N) is 1. The number of benzene rings is 1. The maximum Gasteiger partial charge on any atom is 0.123 e. The first kappa shape index (κ1) is 13.1. The molecule has 104 valence electrons. The van der Waals surface area contributed by atoms with E-state index in [4.69, 9.17) is 0 Å². The van der Waals surface area contributed by atoms with Gasteiger partial charge in [-0.25, -0.2) is 4.39 Å². The summed E-state index contributed by atoms with van der Waals surface area (Å²) >= 11 is 0. The van der Waals surface area contributed by atoms with Crippen LogP contribution in [-0.2, 0) is 0 Å². The molecule has 2 nitrogen and oxygen atoms in total. The highest BCUT2D eigenvalue weighted by atomic mass is 19.1. The van der Waals surface area contributed by atoms with Crippen LogP contribution in [0.5, 0.6) is 0 Å². The lowest BCUT2D eigenvalue weighted by atomic mass is 9.91. The van der Waals surface area contributed by atoms with Crippen molar-refractivity contribution in [1.29, 1.82) is 0 Å². The molecule has 1 heterocycles. The van der Waals surface area contributed by atoms with Crippen molar-refractivity contribution >= 4 is 0 Å². The van der Waals surface area contributed by atoms with Gasteiger partial charge in [-0.15, -0.1) is 0 Å². The molecule has 2 unspecified atom stereocenters. The van der Waals surface area contributed by atoms with Gasteiger partial charge in [0.1, 0.15) is 5.82 Å². The summed E-state index contributed by atoms with van der Waals surface area (Å²) in [5.41, 5.74) is 2.37. The third-order valence-corrected chi connectivity index (χ3v) is 4.58. The van der Waals surface area contributed by atoms with Crippen molar-refractivity contribution < 1.29 is 4.39 Å². The van der Waals surface area contributed by atoms with Crippen LogP contribution in [0.1, 0.15) is 36.4 Å². The van der Waals surface area contributed by atoms with Gasteiger partial charge in [0.05, 0.1) is 0 Å². The lowest BCUT2D eigenvalue weighted by molar-refractivity contribution is 0.270. The van der Waals surface area contributed by atoms with Crippen LogP contribution in [-0.4, -0.2) is 31.1 Å². The molecule has 2 atom stereocenters. The normalized spacial score (nSPS) is 27.9. The number of aryl methyl sites for hydroxylation is 1. The smallest absolute Gasteiger partial charge is 0.123 e. The molecule has 19 heavy (non-hydrogen) atoms. The molecule has 1 aliphatic heterocycles. The standard InChI is InChI=1S/C16H23FN2/c1-11-3-4-13(17)9-15(11)16-12(7-8-19(16)2)10-18-14-5-6-14/h3-4,9,12,14,16,18H,5-8,10H2,1-2H3. The molecule has 3 rings (SSSR count). The molecule has 0 bridgehead atoms. The zero-order valence-corrected chi connectivity index (χ0v) is 11.8. The Labute approximate surface area is 115 Å². The Kier molecular flexibility index (Phi) is 3.59. The zero-order chi connectivity index (χ0) is 13.4. The molecule has 1 N–H and O–H groups in total. The van der Waals surface area contributed by atoms with Gasteiger partial charge < -0.3 is 5.32 Å². The van der Waals surface area contributed by atoms with Crippen LogP contribution in [0, 0.1) is 18.7 Å². The average molecular weight is 262 g/mol. The second-order valence-corrected chi connectivity index (χ2v) is 6.16. The number of hydrogen-bond acceptors (Lipinski definition) is 2. The number of hydrogen-bond donors (Lipinski definition) is 1. The Bertz CT molecular complexity index is 456. The zero-order valence-electron chi connectivity index (χ0n) is 11.8. The molecule has 3 heteroatoms. The van der Waals surface area contributed by atoms with E-state index in [9.17, 15) is 4.39 Å². The van der Waals surface area contributed by atoms with Gasteiger partial charge in [0, 0.05) is 18.6 Å². The van der Waals surface area contributed by atoms with E-state index in [-0.39, 0.29) is 5.82 Å². The van der Waals surface area contributed by atoms with Gasteiger partial charge in [-0.05, 0) is 69.0 Å². The van der Waals surface area contributed by atoms with Gasteiger partial charge in [0.15, 0.2) is 0 Å². The first-order valence-corrected chi connectivity index (χ1v) is 7.35. The minimum Gasteiger partial charge on any atom is -0.314 e. The number of nitrogens with one attached hydrogen (secondary N) is 1.